The van der Waals surface area contributed by atoms with E-state index in [1.165, 1.54) is 11.3 Å². The van der Waals surface area contributed by atoms with Gasteiger partial charge in [0, 0.05) is 31.4 Å². The first-order chi connectivity index (χ1) is 13.2. The summed E-state index contributed by atoms with van der Waals surface area (Å²) >= 11 is 0. The number of anilines is 1. The molecule has 3 rings (SSSR count). The van der Waals surface area contributed by atoms with Crippen LogP contribution in [-0.2, 0) is 11.2 Å². The van der Waals surface area contributed by atoms with Crippen molar-refractivity contribution in [2.45, 2.75) is 31.9 Å². The Morgan fingerprint density at radius 3 is 2.33 bits per heavy atom. The van der Waals surface area contributed by atoms with Crippen molar-refractivity contribution in [1.82, 2.24) is 4.90 Å². The normalized spacial score (nSPS) is 17.1. The van der Waals surface area contributed by atoms with Gasteiger partial charge < -0.3 is 19.6 Å². The molecule has 2 aromatic carbocycles. The molecule has 0 aromatic heterocycles. The number of nitrogens with zero attached hydrogens (tertiary/aromatic N) is 2. The second-order valence-electron chi connectivity index (χ2n) is 7.33. The molecule has 1 saturated heterocycles. The Labute approximate surface area is 163 Å². The van der Waals surface area contributed by atoms with Crippen LogP contribution in [0.1, 0.15) is 30.6 Å². The smallest absolute Gasteiger partial charge is 0.0944 e. The average Bonchev–Trinajstić information content (AvgIpc) is 2.74. The number of likely N-dealkylation sites (N-methyl/N-ethyl adjacent to an activating group) is 1. The number of hydrogen-bond donors (Lipinski definition) is 1. The Balaban J connectivity index is 1.60. The van der Waals surface area contributed by atoms with Crippen LogP contribution < -0.4 is 4.90 Å². The lowest BCUT2D eigenvalue weighted by Gasteiger charge is -2.32. The molecule has 0 spiro atoms. The van der Waals surface area contributed by atoms with Gasteiger partial charge in [-0.25, -0.2) is 0 Å². The van der Waals surface area contributed by atoms with Gasteiger partial charge in [-0.05, 0) is 43.1 Å². The van der Waals surface area contributed by atoms with Crippen LogP contribution in [0.5, 0.6) is 0 Å². The van der Waals surface area contributed by atoms with E-state index < -0.39 is 6.10 Å². The molecule has 2 aromatic rings. The fourth-order valence-corrected chi connectivity index (χ4v) is 3.82. The lowest BCUT2D eigenvalue weighted by Crippen LogP contribution is -2.38. The van der Waals surface area contributed by atoms with Crippen LogP contribution in [0.4, 0.5) is 5.69 Å². The highest BCUT2D eigenvalue weighted by molar-refractivity contribution is 5.48. The molecule has 1 aliphatic heterocycles. The van der Waals surface area contributed by atoms with Crippen molar-refractivity contribution in [1.29, 1.82) is 0 Å². The van der Waals surface area contributed by atoms with Gasteiger partial charge in [-0.15, -0.1) is 0 Å². The van der Waals surface area contributed by atoms with Crippen molar-refractivity contribution < 1.29 is 9.84 Å². The lowest BCUT2D eigenvalue weighted by atomic mass is 9.98. The first-order valence-corrected chi connectivity index (χ1v) is 10.0. The number of hydrogen-bond acceptors (Lipinski definition) is 4. The van der Waals surface area contributed by atoms with E-state index in [4.69, 9.17) is 4.74 Å². The van der Waals surface area contributed by atoms with E-state index in [0.29, 0.717) is 0 Å². The third-order valence-corrected chi connectivity index (χ3v) is 5.56. The van der Waals surface area contributed by atoms with Gasteiger partial charge in [0.05, 0.1) is 19.3 Å². The molecule has 1 heterocycles. The standard InChI is InChI=1S/C23H32N2O2/c1-3-22(24(2)14-13-19-7-5-4-6-8-19)23(26)20-9-11-21(12-10-20)25-15-17-27-18-16-25/h4-12,22-23,26H,3,13-18H2,1-2H3. The first-order valence-electron chi connectivity index (χ1n) is 10.0. The van der Waals surface area contributed by atoms with Crippen molar-refractivity contribution >= 4 is 5.69 Å². The van der Waals surface area contributed by atoms with Crippen molar-refractivity contribution in [2.75, 3.05) is 44.8 Å². The van der Waals surface area contributed by atoms with E-state index >= 15 is 0 Å². The molecule has 146 valence electrons. The van der Waals surface area contributed by atoms with Crippen LogP contribution in [0, 0.1) is 0 Å². The molecule has 1 fully saturated rings. The third kappa shape index (κ3) is 5.32. The quantitative estimate of drug-likeness (QED) is 0.773. The van der Waals surface area contributed by atoms with Crippen LogP contribution in [0.25, 0.3) is 0 Å². The summed E-state index contributed by atoms with van der Waals surface area (Å²) in [5, 5.41) is 11.0. The van der Waals surface area contributed by atoms with Crippen molar-refractivity contribution in [3.63, 3.8) is 0 Å². The van der Waals surface area contributed by atoms with E-state index in [2.05, 4.69) is 72.3 Å². The van der Waals surface area contributed by atoms with Crippen LogP contribution in [-0.4, -0.2) is 55.9 Å². The van der Waals surface area contributed by atoms with E-state index in [1.807, 2.05) is 6.07 Å². The Hall–Kier alpha value is -1.88. The molecule has 4 nitrogen and oxygen atoms in total. The first kappa shape index (κ1) is 19.9. The molecule has 0 bridgehead atoms. The summed E-state index contributed by atoms with van der Waals surface area (Å²) in [6.45, 7) is 6.52. The zero-order chi connectivity index (χ0) is 19.1. The van der Waals surface area contributed by atoms with Crippen LogP contribution >= 0.6 is 0 Å². The number of benzene rings is 2. The van der Waals surface area contributed by atoms with Gasteiger partial charge in [0.2, 0.25) is 0 Å². The summed E-state index contributed by atoms with van der Waals surface area (Å²) in [5.74, 6) is 0. The fraction of sp³-hybridized carbons (Fsp3) is 0.478. The van der Waals surface area contributed by atoms with Gasteiger partial charge >= 0.3 is 0 Å². The lowest BCUT2D eigenvalue weighted by molar-refractivity contribution is 0.0607. The molecular formula is C23H32N2O2. The Bertz CT molecular complexity index is 669. The maximum absolute atomic E-state index is 11.0. The van der Waals surface area contributed by atoms with Crippen molar-refractivity contribution in [2.24, 2.45) is 0 Å². The zero-order valence-electron chi connectivity index (χ0n) is 16.6. The van der Waals surface area contributed by atoms with E-state index in [9.17, 15) is 5.11 Å². The molecular weight excluding hydrogens is 336 g/mol. The molecule has 0 amide bonds. The molecule has 0 aliphatic carbocycles. The number of aliphatic hydroxyl groups is 1. The zero-order valence-corrected chi connectivity index (χ0v) is 16.6. The van der Waals surface area contributed by atoms with Gasteiger partial charge in [-0.2, -0.15) is 0 Å². The molecule has 2 atom stereocenters. The monoisotopic (exact) mass is 368 g/mol. The van der Waals surface area contributed by atoms with Crippen LogP contribution in [0.15, 0.2) is 54.6 Å². The molecule has 27 heavy (non-hydrogen) atoms. The van der Waals surface area contributed by atoms with Gasteiger partial charge in [-0.3, -0.25) is 0 Å². The maximum Gasteiger partial charge on any atom is 0.0944 e. The number of rotatable bonds is 8. The highest BCUT2D eigenvalue weighted by Gasteiger charge is 2.23. The van der Waals surface area contributed by atoms with Gasteiger partial charge in [0.25, 0.3) is 0 Å². The fourth-order valence-electron chi connectivity index (χ4n) is 3.82. The molecule has 1 N–H and O–H groups in total. The summed E-state index contributed by atoms with van der Waals surface area (Å²) < 4.78 is 5.42. The third-order valence-electron chi connectivity index (χ3n) is 5.56. The van der Waals surface area contributed by atoms with Crippen LogP contribution in [0.2, 0.25) is 0 Å². The van der Waals surface area contributed by atoms with Crippen molar-refractivity contribution in [3.05, 3.63) is 65.7 Å². The summed E-state index contributed by atoms with van der Waals surface area (Å²) in [6.07, 6.45) is 1.43. The van der Waals surface area contributed by atoms with Gasteiger partial charge in [-0.1, -0.05) is 49.4 Å². The van der Waals surface area contributed by atoms with E-state index in [0.717, 1.165) is 51.3 Å². The predicted molar refractivity (Wildman–Crippen MR) is 111 cm³/mol. The van der Waals surface area contributed by atoms with Gasteiger partial charge in [0.1, 0.15) is 0 Å². The maximum atomic E-state index is 11.0. The average molecular weight is 369 g/mol. The number of aliphatic hydroxyl groups excluding tert-OH is 1. The van der Waals surface area contributed by atoms with Crippen LogP contribution in [0.3, 0.4) is 0 Å². The SMILES string of the molecule is CCC(C(O)c1ccc(N2CCOCC2)cc1)N(C)CCc1ccccc1. The topological polar surface area (TPSA) is 35.9 Å². The van der Waals surface area contributed by atoms with E-state index in [-0.39, 0.29) is 6.04 Å². The predicted octanol–water partition coefficient (Wildman–Crippen LogP) is 3.51. The number of morpholine rings is 1. The minimum absolute atomic E-state index is 0.114. The molecule has 0 saturated carbocycles. The second-order valence-corrected chi connectivity index (χ2v) is 7.33. The summed E-state index contributed by atoms with van der Waals surface area (Å²) in [5.41, 5.74) is 3.54. The summed E-state index contributed by atoms with van der Waals surface area (Å²) in [6, 6.07) is 19.0. The minimum atomic E-state index is -0.477. The Kier molecular flexibility index (Phi) is 7.27. The molecule has 1 aliphatic rings. The Morgan fingerprint density at radius 1 is 1.04 bits per heavy atom. The molecule has 4 heteroatoms. The number of ether oxygens (including phenoxy) is 1. The summed E-state index contributed by atoms with van der Waals surface area (Å²) in [4.78, 5) is 4.62. The summed E-state index contributed by atoms with van der Waals surface area (Å²) in [7, 11) is 2.11. The second kappa shape index (κ2) is 9.88. The molecule has 2 unspecified atom stereocenters. The van der Waals surface area contributed by atoms with Crippen molar-refractivity contribution in [3.8, 4) is 0 Å². The minimum Gasteiger partial charge on any atom is -0.387 e. The highest BCUT2D eigenvalue weighted by Crippen LogP contribution is 2.25. The molecule has 0 radical (unpaired) electrons. The van der Waals surface area contributed by atoms with E-state index in [1.54, 1.807) is 0 Å². The highest BCUT2D eigenvalue weighted by atomic mass is 16.5. The largest absolute Gasteiger partial charge is 0.387 e. The Morgan fingerprint density at radius 2 is 1.70 bits per heavy atom. The van der Waals surface area contributed by atoms with Gasteiger partial charge in [0.15, 0.2) is 0 Å².